The van der Waals surface area contributed by atoms with Gasteiger partial charge < -0.3 is 15.4 Å². The van der Waals surface area contributed by atoms with Crippen molar-refractivity contribution in [1.82, 2.24) is 24.7 Å². The summed E-state index contributed by atoms with van der Waals surface area (Å²) in [4.78, 5) is 26.6. The van der Waals surface area contributed by atoms with E-state index < -0.39 is 6.03 Å². The molecule has 0 radical (unpaired) electrons. The van der Waals surface area contributed by atoms with E-state index in [-0.39, 0.29) is 11.2 Å². The highest BCUT2D eigenvalue weighted by molar-refractivity contribution is 6.07. The third kappa shape index (κ3) is 7.25. The van der Waals surface area contributed by atoms with Gasteiger partial charge in [0.05, 0.1) is 29.0 Å². The topological polar surface area (TPSA) is 119 Å². The normalized spacial score (nSPS) is 11.4. The Hall–Kier alpha value is -5.84. The molecule has 0 unspecified atom stereocenters. The minimum atomic E-state index is -0.464. The largest absolute Gasteiger partial charge is 0.488 e. The van der Waals surface area contributed by atoms with E-state index in [2.05, 4.69) is 30.9 Å². The van der Waals surface area contributed by atoms with Gasteiger partial charge in [0.1, 0.15) is 35.6 Å². The zero-order valence-corrected chi connectivity index (χ0v) is 27.5. The fraction of sp³-hybridized carbons (Fsp3) is 0.216. The molecule has 0 aliphatic rings. The Morgan fingerprint density at radius 1 is 0.938 bits per heavy atom. The van der Waals surface area contributed by atoms with Crippen LogP contribution in [0.15, 0.2) is 91.4 Å². The van der Waals surface area contributed by atoms with Gasteiger partial charge in [-0.3, -0.25) is 10.3 Å². The highest BCUT2D eigenvalue weighted by Gasteiger charge is 2.22. The van der Waals surface area contributed by atoms with Crippen LogP contribution in [0.4, 0.5) is 32.3 Å². The van der Waals surface area contributed by atoms with E-state index in [9.17, 15) is 9.18 Å². The van der Waals surface area contributed by atoms with Gasteiger partial charge in [-0.15, -0.1) is 0 Å². The Kier molecular flexibility index (Phi) is 9.02. The second kappa shape index (κ2) is 13.5. The third-order valence-electron chi connectivity index (χ3n) is 7.77. The van der Waals surface area contributed by atoms with Gasteiger partial charge in [-0.2, -0.15) is 5.10 Å². The molecule has 0 aliphatic heterocycles. The summed E-state index contributed by atoms with van der Waals surface area (Å²) in [5.74, 6) is 2.00. The van der Waals surface area contributed by atoms with Crippen LogP contribution in [0, 0.1) is 12.7 Å². The van der Waals surface area contributed by atoms with Gasteiger partial charge in [0.15, 0.2) is 0 Å². The zero-order chi connectivity index (χ0) is 33.8. The van der Waals surface area contributed by atoms with Gasteiger partial charge in [-0.25, -0.2) is 23.8 Å². The summed E-state index contributed by atoms with van der Waals surface area (Å²) in [6.07, 6.45) is 5.91. The molecule has 0 saturated carbocycles. The number of fused-ring (bicyclic) bond motifs is 1. The van der Waals surface area contributed by atoms with Gasteiger partial charge in [-0.1, -0.05) is 58.0 Å². The first-order valence-electron chi connectivity index (χ1n) is 15.7. The number of carbonyl (C=O) groups excluding carboxylic acids is 1. The van der Waals surface area contributed by atoms with Crippen LogP contribution in [-0.4, -0.2) is 30.8 Å². The first-order chi connectivity index (χ1) is 23.1. The summed E-state index contributed by atoms with van der Waals surface area (Å²) < 4.78 is 22.3. The number of ether oxygens (including phenoxy) is 1. The lowest BCUT2D eigenvalue weighted by Crippen LogP contribution is -2.21. The van der Waals surface area contributed by atoms with Crippen LogP contribution in [0.5, 0.6) is 5.75 Å². The van der Waals surface area contributed by atoms with Crippen molar-refractivity contribution in [1.29, 1.82) is 0 Å². The average molecular weight is 645 g/mol. The number of anilines is 4. The molecule has 0 spiro atoms. The van der Waals surface area contributed by atoms with E-state index in [1.807, 2.05) is 82.3 Å². The van der Waals surface area contributed by atoms with Gasteiger partial charge >= 0.3 is 6.03 Å². The number of hydrogen-bond acceptors (Lipinski definition) is 7. The number of nitrogens with one attached hydrogen (secondary N) is 3. The van der Waals surface area contributed by atoms with Crippen molar-refractivity contribution >= 4 is 39.9 Å². The number of amides is 2. The molecule has 244 valence electrons. The summed E-state index contributed by atoms with van der Waals surface area (Å²) in [6, 6.07) is 21.4. The second-order valence-corrected chi connectivity index (χ2v) is 12.5. The number of benzene rings is 3. The van der Waals surface area contributed by atoms with Crippen LogP contribution in [0.1, 0.15) is 50.2 Å². The van der Waals surface area contributed by atoms with Crippen molar-refractivity contribution in [3.8, 4) is 11.4 Å². The molecule has 11 heteroatoms. The number of halogens is 1. The van der Waals surface area contributed by atoms with Crippen molar-refractivity contribution in [2.75, 3.05) is 16.0 Å². The lowest BCUT2D eigenvalue weighted by molar-refractivity contribution is 0.262. The van der Waals surface area contributed by atoms with E-state index in [1.54, 1.807) is 42.3 Å². The molecule has 48 heavy (non-hydrogen) atoms. The summed E-state index contributed by atoms with van der Waals surface area (Å²) in [5, 5.41) is 15.4. The molecule has 0 bridgehead atoms. The molecule has 2 amide bonds. The first-order valence-corrected chi connectivity index (χ1v) is 15.7. The third-order valence-corrected chi connectivity index (χ3v) is 7.77. The molecule has 0 fully saturated rings. The van der Waals surface area contributed by atoms with Crippen LogP contribution in [0.25, 0.3) is 16.5 Å². The Labute approximate surface area is 278 Å². The zero-order valence-electron chi connectivity index (χ0n) is 27.5. The lowest BCUT2D eigenvalue weighted by Gasteiger charge is -2.15. The molecule has 10 nitrogen and oxygen atoms in total. The molecule has 0 atom stereocenters. The molecule has 6 rings (SSSR count). The quantitative estimate of drug-likeness (QED) is 0.144. The Morgan fingerprint density at radius 2 is 1.75 bits per heavy atom. The van der Waals surface area contributed by atoms with Crippen molar-refractivity contribution < 1.29 is 13.9 Å². The van der Waals surface area contributed by atoms with Crippen LogP contribution >= 0.6 is 0 Å². The van der Waals surface area contributed by atoms with Crippen LogP contribution in [0.2, 0.25) is 0 Å². The second-order valence-electron chi connectivity index (χ2n) is 12.5. The fourth-order valence-electron chi connectivity index (χ4n) is 5.08. The van der Waals surface area contributed by atoms with Gasteiger partial charge in [0, 0.05) is 34.6 Å². The monoisotopic (exact) mass is 644 g/mol. The summed E-state index contributed by atoms with van der Waals surface area (Å²) >= 11 is 0. The van der Waals surface area contributed by atoms with E-state index >= 15 is 0 Å². The van der Waals surface area contributed by atoms with Gasteiger partial charge in [-0.05, 0) is 60.9 Å². The number of carbonyl (C=O) groups is 1. The molecule has 3 N–H and O–H groups in total. The van der Waals surface area contributed by atoms with Crippen LogP contribution in [-0.2, 0) is 18.4 Å². The first kappa shape index (κ1) is 32.1. The molecule has 0 aliphatic carbocycles. The Balaban J connectivity index is 1.19. The van der Waals surface area contributed by atoms with Gasteiger partial charge in [0.25, 0.3) is 0 Å². The number of aryl methyl sites for hydroxylation is 2. The van der Waals surface area contributed by atoms with Crippen LogP contribution < -0.4 is 20.7 Å². The standard InChI is InChI=1S/C37H37FN8O2/c1-6-25-20-39-21-34(41-25)43-33-17-24(15-16-40-33)22-48-31-14-13-30(27-9-7-8-10-28(27)31)42-36(47)44-35-19-32(37(3,4)5)45-46(35)26-12-11-23(2)29(38)18-26/h7-21H,6,22H2,1-5H3,(H,40,41,43)(H2,42,44,47). The molecule has 3 aromatic carbocycles. The molecule has 3 heterocycles. The summed E-state index contributed by atoms with van der Waals surface area (Å²) in [7, 11) is 0. The average Bonchev–Trinajstić information content (AvgIpc) is 3.50. The maximum atomic E-state index is 14.5. The van der Waals surface area contributed by atoms with E-state index in [1.165, 1.54) is 6.07 Å². The van der Waals surface area contributed by atoms with Crippen molar-refractivity contribution in [2.45, 2.75) is 53.1 Å². The molecule has 3 aromatic heterocycles. The maximum absolute atomic E-state index is 14.5. The fourth-order valence-corrected chi connectivity index (χ4v) is 5.08. The predicted octanol–water partition coefficient (Wildman–Crippen LogP) is 8.48. The smallest absolute Gasteiger partial charge is 0.324 e. The Bertz CT molecular complexity index is 2100. The number of pyridine rings is 1. The number of hydrogen-bond donors (Lipinski definition) is 3. The van der Waals surface area contributed by atoms with E-state index in [4.69, 9.17) is 9.84 Å². The number of rotatable bonds is 9. The predicted molar refractivity (Wildman–Crippen MR) is 187 cm³/mol. The molecule has 6 aromatic rings. The van der Waals surface area contributed by atoms with Crippen LogP contribution in [0.3, 0.4) is 0 Å². The summed E-state index contributed by atoms with van der Waals surface area (Å²) in [5.41, 5.74) is 3.90. The maximum Gasteiger partial charge on any atom is 0.324 e. The lowest BCUT2D eigenvalue weighted by atomic mass is 9.92. The molecular formula is C37H37FN8O2. The highest BCUT2D eigenvalue weighted by Crippen LogP contribution is 2.33. The van der Waals surface area contributed by atoms with E-state index in [0.29, 0.717) is 46.7 Å². The van der Waals surface area contributed by atoms with Gasteiger partial charge in [0.2, 0.25) is 0 Å². The van der Waals surface area contributed by atoms with E-state index in [0.717, 1.165) is 34.1 Å². The van der Waals surface area contributed by atoms with Crippen molar-refractivity contribution in [2.24, 2.45) is 0 Å². The highest BCUT2D eigenvalue weighted by atomic mass is 19.1. The number of nitrogens with zero attached hydrogens (tertiary/aromatic N) is 5. The number of aromatic nitrogens is 5. The molecule has 0 saturated heterocycles. The Morgan fingerprint density at radius 3 is 2.52 bits per heavy atom. The number of urea groups is 1. The van der Waals surface area contributed by atoms with Crippen molar-refractivity contribution in [3.05, 3.63) is 120 Å². The minimum Gasteiger partial charge on any atom is -0.488 e. The minimum absolute atomic E-state index is 0.295. The van der Waals surface area contributed by atoms with Crippen molar-refractivity contribution in [3.63, 3.8) is 0 Å². The summed E-state index contributed by atoms with van der Waals surface area (Å²) in [6.45, 7) is 10.1. The SMILES string of the molecule is CCc1cncc(Nc2cc(COc3ccc(NC(=O)Nc4cc(C(C)(C)C)nn4-c4ccc(C)c(F)c4)c4ccccc34)ccn2)n1. The molecular weight excluding hydrogens is 607 g/mol.